The molecule has 1 aliphatic heterocycles. The maximum Gasteiger partial charge on any atom is 0.303 e. The van der Waals surface area contributed by atoms with Crippen LogP contribution < -0.4 is 5.32 Å². The van der Waals surface area contributed by atoms with Crippen LogP contribution >= 0.6 is 0 Å². The second-order valence-corrected chi connectivity index (χ2v) is 3.06. The van der Waals surface area contributed by atoms with Gasteiger partial charge in [0.05, 0.1) is 13.0 Å². The molecule has 0 unspecified atom stereocenters. The fraction of sp³-hybridized carbons (Fsp3) is 0.625. The number of carboxylic acids is 1. The molecule has 0 aromatic heterocycles. The second-order valence-electron chi connectivity index (χ2n) is 3.06. The van der Waals surface area contributed by atoms with Gasteiger partial charge in [0.2, 0.25) is 11.8 Å². The number of aliphatic carboxylic acids is 1. The molecule has 2 N–H and O–H groups in total. The van der Waals surface area contributed by atoms with E-state index in [0.717, 1.165) is 0 Å². The third-order valence-corrected chi connectivity index (χ3v) is 1.94. The van der Waals surface area contributed by atoms with Gasteiger partial charge in [-0.15, -0.1) is 0 Å². The van der Waals surface area contributed by atoms with Crippen LogP contribution in [-0.4, -0.2) is 47.4 Å². The number of carboxylic acid groups (broad SMARTS) is 1. The van der Waals surface area contributed by atoms with Crippen LogP contribution in [0.2, 0.25) is 0 Å². The van der Waals surface area contributed by atoms with Crippen LogP contribution in [-0.2, 0) is 14.4 Å². The highest BCUT2D eigenvalue weighted by atomic mass is 16.4. The van der Waals surface area contributed by atoms with Crippen LogP contribution in [0.3, 0.4) is 0 Å². The molecule has 14 heavy (non-hydrogen) atoms. The number of carbonyl (C=O) groups is 3. The average molecular weight is 200 g/mol. The monoisotopic (exact) mass is 200 g/mol. The SMILES string of the molecule is O=C(O)CCC(=O)N1CCNC(=O)C1. The quantitative estimate of drug-likeness (QED) is 0.599. The minimum Gasteiger partial charge on any atom is -0.481 e. The number of hydrogen-bond donors (Lipinski definition) is 2. The van der Waals surface area contributed by atoms with Gasteiger partial charge in [0.1, 0.15) is 0 Å². The molecule has 1 rings (SSSR count). The Kier molecular flexibility index (Phi) is 3.44. The molecule has 0 aromatic carbocycles. The van der Waals surface area contributed by atoms with Gasteiger partial charge in [-0.05, 0) is 0 Å². The van der Waals surface area contributed by atoms with Crippen molar-refractivity contribution in [2.45, 2.75) is 12.8 Å². The zero-order valence-corrected chi connectivity index (χ0v) is 7.65. The normalized spacial score (nSPS) is 16.3. The highest BCUT2D eigenvalue weighted by Gasteiger charge is 2.20. The number of rotatable bonds is 3. The smallest absolute Gasteiger partial charge is 0.303 e. The number of nitrogens with zero attached hydrogens (tertiary/aromatic N) is 1. The predicted molar refractivity (Wildman–Crippen MR) is 46.5 cm³/mol. The summed E-state index contributed by atoms with van der Waals surface area (Å²) in [6, 6.07) is 0. The highest BCUT2D eigenvalue weighted by molar-refractivity contribution is 5.87. The van der Waals surface area contributed by atoms with Crippen LogP contribution in [0.5, 0.6) is 0 Å². The van der Waals surface area contributed by atoms with Crippen LogP contribution in [0.4, 0.5) is 0 Å². The number of piperazine rings is 1. The first-order valence-electron chi connectivity index (χ1n) is 4.36. The van der Waals surface area contributed by atoms with Crippen LogP contribution in [0.25, 0.3) is 0 Å². The summed E-state index contributed by atoms with van der Waals surface area (Å²) in [5, 5.41) is 10.9. The largest absolute Gasteiger partial charge is 0.481 e. The van der Waals surface area contributed by atoms with Crippen LogP contribution in [0, 0.1) is 0 Å². The molecule has 1 heterocycles. The lowest BCUT2D eigenvalue weighted by atomic mass is 10.2. The van der Waals surface area contributed by atoms with Gasteiger partial charge < -0.3 is 15.3 Å². The van der Waals surface area contributed by atoms with Gasteiger partial charge >= 0.3 is 5.97 Å². The topological polar surface area (TPSA) is 86.7 Å². The highest BCUT2D eigenvalue weighted by Crippen LogP contribution is 2.00. The summed E-state index contributed by atoms with van der Waals surface area (Å²) >= 11 is 0. The molecule has 6 nitrogen and oxygen atoms in total. The van der Waals surface area contributed by atoms with Gasteiger partial charge in [-0.1, -0.05) is 0 Å². The summed E-state index contributed by atoms with van der Waals surface area (Å²) < 4.78 is 0. The van der Waals surface area contributed by atoms with Gasteiger partial charge in [-0.2, -0.15) is 0 Å². The van der Waals surface area contributed by atoms with E-state index in [4.69, 9.17) is 5.11 Å². The molecule has 78 valence electrons. The Bertz CT molecular complexity index is 264. The summed E-state index contributed by atoms with van der Waals surface area (Å²) in [5.41, 5.74) is 0. The minimum atomic E-state index is -1.00. The maximum absolute atomic E-state index is 11.3. The Morgan fingerprint density at radius 2 is 2.14 bits per heavy atom. The van der Waals surface area contributed by atoms with E-state index in [-0.39, 0.29) is 31.2 Å². The predicted octanol–water partition coefficient (Wildman–Crippen LogP) is -1.19. The van der Waals surface area contributed by atoms with E-state index in [0.29, 0.717) is 13.1 Å². The van der Waals surface area contributed by atoms with Crippen molar-refractivity contribution in [3.63, 3.8) is 0 Å². The molecule has 0 aromatic rings. The molecular formula is C8H12N2O4. The summed E-state index contributed by atoms with van der Waals surface area (Å²) in [4.78, 5) is 33.8. The van der Waals surface area contributed by atoms with Gasteiger partial charge in [0.25, 0.3) is 0 Å². The van der Waals surface area contributed by atoms with E-state index in [1.807, 2.05) is 0 Å². The number of hydrogen-bond acceptors (Lipinski definition) is 3. The molecular weight excluding hydrogens is 188 g/mol. The molecule has 0 aliphatic carbocycles. The van der Waals surface area contributed by atoms with Crippen molar-refractivity contribution in [1.29, 1.82) is 0 Å². The second kappa shape index (κ2) is 4.59. The Hall–Kier alpha value is -1.59. The lowest BCUT2D eigenvalue weighted by molar-refractivity contribution is -0.142. The van der Waals surface area contributed by atoms with Gasteiger partial charge in [-0.25, -0.2) is 0 Å². The lowest BCUT2D eigenvalue weighted by Gasteiger charge is -2.26. The Labute approximate surface area is 80.9 Å². The molecule has 0 spiro atoms. The Balaban J connectivity index is 2.36. The first kappa shape index (κ1) is 10.5. The van der Waals surface area contributed by atoms with E-state index < -0.39 is 5.97 Å². The van der Waals surface area contributed by atoms with E-state index in [1.165, 1.54) is 4.90 Å². The van der Waals surface area contributed by atoms with Gasteiger partial charge in [-0.3, -0.25) is 14.4 Å². The zero-order chi connectivity index (χ0) is 10.6. The maximum atomic E-state index is 11.3. The molecule has 0 radical (unpaired) electrons. The molecule has 1 fully saturated rings. The lowest BCUT2D eigenvalue weighted by Crippen LogP contribution is -2.50. The van der Waals surface area contributed by atoms with Crippen molar-refractivity contribution in [2.75, 3.05) is 19.6 Å². The summed E-state index contributed by atoms with van der Waals surface area (Å²) in [7, 11) is 0. The van der Waals surface area contributed by atoms with E-state index in [1.54, 1.807) is 0 Å². The minimum absolute atomic E-state index is 0.0391. The van der Waals surface area contributed by atoms with Crippen molar-refractivity contribution in [1.82, 2.24) is 10.2 Å². The average Bonchev–Trinajstić information content (AvgIpc) is 2.14. The molecule has 1 saturated heterocycles. The standard InChI is InChI=1S/C8H12N2O4/c11-6-5-10(4-3-9-6)7(12)1-2-8(13)14/h1-5H2,(H,9,11)(H,13,14). The summed E-state index contributed by atoms with van der Waals surface area (Å²) in [6.45, 7) is 0.945. The number of nitrogens with one attached hydrogen (secondary N) is 1. The molecule has 2 amide bonds. The van der Waals surface area contributed by atoms with Crippen molar-refractivity contribution in [2.24, 2.45) is 0 Å². The zero-order valence-electron chi connectivity index (χ0n) is 7.65. The van der Waals surface area contributed by atoms with E-state index >= 15 is 0 Å². The number of amides is 2. The summed E-state index contributed by atoms with van der Waals surface area (Å²) in [5.74, 6) is -1.47. The number of carbonyl (C=O) groups excluding carboxylic acids is 2. The van der Waals surface area contributed by atoms with E-state index in [2.05, 4.69) is 5.32 Å². The molecule has 0 atom stereocenters. The van der Waals surface area contributed by atoms with Gasteiger partial charge in [0.15, 0.2) is 0 Å². The third-order valence-electron chi connectivity index (χ3n) is 1.94. The van der Waals surface area contributed by atoms with Crippen molar-refractivity contribution in [3.8, 4) is 0 Å². The van der Waals surface area contributed by atoms with E-state index in [9.17, 15) is 14.4 Å². The van der Waals surface area contributed by atoms with Crippen LogP contribution in [0.15, 0.2) is 0 Å². The van der Waals surface area contributed by atoms with Gasteiger partial charge in [0, 0.05) is 19.5 Å². The Morgan fingerprint density at radius 1 is 1.43 bits per heavy atom. The Morgan fingerprint density at radius 3 is 2.71 bits per heavy atom. The molecule has 6 heteroatoms. The molecule has 1 aliphatic rings. The fourth-order valence-corrected chi connectivity index (χ4v) is 1.22. The van der Waals surface area contributed by atoms with Crippen molar-refractivity contribution < 1.29 is 19.5 Å². The van der Waals surface area contributed by atoms with Crippen molar-refractivity contribution in [3.05, 3.63) is 0 Å². The first-order chi connectivity index (χ1) is 6.59. The van der Waals surface area contributed by atoms with Crippen LogP contribution in [0.1, 0.15) is 12.8 Å². The third kappa shape index (κ3) is 3.04. The first-order valence-corrected chi connectivity index (χ1v) is 4.36. The fourth-order valence-electron chi connectivity index (χ4n) is 1.22. The molecule has 0 saturated carbocycles. The van der Waals surface area contributed by atoms with Crippen molar-refractivity contribution >= 4 is 17.8 Å². The molecule has 0 bridgehead atoms. The summed E-state index contributed by atoms with van der Waals surface area (Å²) in [6.07, 6.45) is -0.223.